The minimum Gasteiger partial charge on any atom is -0.478 e. The summed E-state index contributed by atoms with van der Waals surface area (Å²) < 4.78 is 0. The summed E-state index contributed by atoms with van der Waals surface area (Å²) in [6.45, 7) is 1.55. The van der Waals surface area contributed by atoms with Crippen molar-refractivity contribution >= 4 is 11.8 Å². The summed E-state index contributed by atoms with van der Waals surface area (Å²) in [6, 6.07) is 10.8. The molecule has 0 fully saturated rings. The standard InChI is InChI=1S/C16H12O3/c1-9(17)10-2-4-14-12(6-10)8-13-7-11(16(18)19)3-5-15(13)14/h2-7H,8H2,1H3,(H,18,19). The second-order valence-corrected chi connectivity index (χ2v) is 4.78. The fraction of sp³-hybridized carbons (Fsp3) is 0.125. The zero-order chi connectivity index (χ0) is 13.6. The summed E-state index contributed by atoms with van der Waals surface area (Å²) >= 11 is 0. The zero-order valence-corrected chi connectivity index (χ0v) is 10.4. The number of Topliss-reactive ketones (excluding diaryl/α,β-unsaturated/α-hetero) is 1. The van der Waals surface area contributed by atoms with Gasteiger partial charge in [0.1, 0.15) is 0 Å². The van der Waals surface area contributed by atoms with Gasteiger partial charge in [-0.2, -0.15) is 0 Å². The Morgan fingerprint density at radius 2 is 1.47 bits per heavy atom. The summed E-state index contributed by atoms with van der Waals surface area (Å²) in [5.74, 6) is -0.867. The van der Waals surface area contributed by atoms with Gasteiger partial charge < -0.3 is 5.11 Å². The number of rotatable bonds is 2. The highest BCUT2D eigenvalue weighted by Gasteiger charge is 2.20. The average Bonchev–Trinajstić information content (AvgIpc) is 2.74. The summed E-state index contributed by atoms with van der Waals surface area (Å²) in [5, 5.41) is 9.01. The van der Waals surface area contributed by atoms with Gasteiger partial charge in [-0.15, -0.1) is 0 Å². The molecule has 0 aliphatic heterocycles. The first-order valence-corrected chi connectivity index (χ1v) is 6.07. The van der Waals surface area contributed by atoms with Gasteiger partial charge in [0.15, 0.2) is 5.78 Å². The van der Waals surface area contributed by atoms with E-state index in [9.17, 15) is 9.59 Å². The minimum atomic E-state index is -0.914. The average molecular weight is 252 g/mol. The van der Waals surface area contributed by atoms with Gasteiger partial charge in [-0.25, -0.2) is 4.79 Å². The van der Waals surface area contributed by atoms with Crippen LogP contribution in [-0.4, -0.2) is 16.9 Å². The molecule has 3 heteroatoms. The van der Waals surface area contributed by atoms with Crippen LogP contribution in [0.15, 0.2) is 36.4 Å². The Kier molecular flexibility index (Phi) is 2.49. The highest BCUT2D eigenvalue weighted by Crippen LogP contribution is 2.37. The SMILES string of the molecule is CC(=O)c1ccc2c(c1)Cc1cc(C(=O)O)ccc1-2. The van der Waals surface area contributed by atoms with Crippen LogP contribution in [0.3, 0.4) is 0 Å². The van der Waals surface area contributed by atoms with Crippen LogP contribution in [0.25, 0.3) is 11.1 Å². The molecule has 3 rings (SSSR count). The van der Waals surface area contributed by atoms with E-state index in [1.165, 1.54) is 0 Å². The van der Waals surface area contributed by atoms with Crippen LogP contribution in [0.2, 0.25) is 0 Å². The first-order chi connectivity index (χ1) is 9.06. The predicted molar refractivity (Wildman–Crippen MR) is 71.6 cm³/mol. The molecule has 0 bridgehead atoms. The normalized spacial score (nSPS) is 11.8. The zero-order valence-electron chi connectivity index (χ0n) is 10.4. The highest BCUT2D eigenvalue weighted by atomic mass is 16.4. The lowest BCUT2D eigenvalue weighted by Crippen LogP contribution is -1.96. The molecule has 0 atom stereocenters. The van der Waals surface area contributed by atoms with Crippen LogP contribution in [0.4, 0.5) is 0 Å². The van der Waals surface area contributed by atoms with Crippen molar-refractivity contribution < 1.29 is 14.7 Å². The summed E-state index contributed by atoms with van der Waals surface area (Å²) in [5.41, 5.74) is 5.26. The van der Waals surface area contributed by atoms with E-state index in [1.54, 1.807) is 19.1 Å². The van der Waals surface area contributed by atoms with Crippen molar-refractivity contribution in [1.29, 1.82) is 0 Å². The van der Waals surface area contributed by atoms with E-state index in [2.05, 4.69) is 0 Å². The Balaban J connectivity index is 2.10. The fourth-order valence-electron chi connectivity index (χ4n) is 2.56. The largest absolute Gasteiger partial charge is 0.478 e. The number of hydrogen-bond acceptors (Lipinski definition) is 2. The summed E-state index contributed by atoms with van der Waals surface area (Å²) in [6.07, 6.45) is 0.687. The van der Waals surface area contributed by atoms with E-state index in [0.29, 0.717) is 17.5 Å². The lowest BCUT2D eigenvalue weighted by Gasteiger charge is -2.03. The Morgan fingerprint density at radius 1 is 0.947 bits per heavy atom. The molecule has 0 radical (unpaired) electrons. The Labute approximate surface area is 110 Å². The molecule has 1 aliphatic rings. The van der Waals surface area contributed by atoms with Crippen molar-refractivity contribution in [3.05, 3.63) is 58.7 Å². The maximum Gasteiger partial charge on any atom is 0.335 e. The second-order valence-electron chi connectivity index (χ2n) is 4.78. The van der Waals surface area contributed by atoms with Crippen LogP contribution in [0, 0.1) is 0 Å². The molecule has 2 aromatic carbocycles. The van der Waals surface area contributed by atoms with Gasteiger partial charge in [0, 0.05) is 5.56 Å². The fourth-order valence-corrected chi connectivity index (χ4v) is 2.56. The number of benzene rings is 2. The van der Waals surface area contributed by atoms with Gasteiger partial charge in [0.2, 0.25) is 0 Å². The van der Waals surface area contributed by atoms with E-state index >= 15 is 0 Å². The third-order valence-corrected chi connectivity index (χ3v) is 3.54. The number of carboxylic acids is 1. The molecule has 0 saturated carbocycles. The first kappa shape index (κ1) is 11.7. The van der Waals surface area contributed by atoms with Gasteiger partial charge in [0.25, 0.3) is 0 Å². The molecule has 1 aliphatic carbocycles. The van der Waals surface area contributed by atoms with E-state index in [-0.39, 0.29) is 5.78 Å². The van der Waals surface area contributed by atoms with E-state index in [0.717, 1.165) is 22.3 Å². The van der Waals surface area contributed by atoms with Crippen molar-refractivity contribution in [3.8, 4) is 11.1 Å². The van der Waals surface area contributed by atoms with Gasteiger partial charge >= 0.3 is 5.97 Å². The Morgan fingerprint density at radius 3 is 2.00 bits per heavy atom. The maximum atomic E-state index is 11.4. The van der Waals surface area contributed by atoms with E-state index in [1.807, 2.05) is 24.3 Å². The van der Waals surface area contributed by atoms with Crippen molar-refractivity contribution in [2.45, 2.75) is 13.3 Å². The minimum absolute atomic E-state index is 0.0463. The number of carbonyl (C=O) groups excluding carboxylic acids is 1. The van der Waals surface area contributed by atoms with E-state index in [4.69, 9.17) is 5.11 Å². The number of carbonyl (C=O) groups is 2. The second kappa shape index (κ2) is 4.05. The van der Waals surface area contributed by atoms with Gasteiger partial charge in [-0.05, 0) is 53.8 Å². The molecule has 0 saturated heterocycles. The highest BCUT2D eigenvalue weighted by molar-refractivity contribution is 5.96. The molecule has 94 valence electrons. The molecule has 19 heavy (non-hydrogen) atoms. The quantitative estimate of drug-likeness (QED) is 0.713. The molecule has 3 nitrogen and oxygen atoms in total. The monoisotopic (exact) mass is 252 g/mol. The molecular weight excluding hydrogens is 240 g/mol. The smallest absolute Gasteiger partial charge is 0.335 e. The molecule has 0 amide bonds. The molecule has 0 spiro atoms. The Hall–Kier alpha value is -2.42. The molecule has 0 aromatic heterocycles. The van der Waals surface area contributed by atoms with Gasteiger partial charge in [-0.1, -0.05) is 18.2 Å². The summed E-state index contributed by atoms with van der Waals surface area (Å²) in [7, 11) is 0. The molecule has 2 aromatic rings. The van der Waals surface area contributed by atoms with Crippen LogP contribution >= 0.6 is 0 Å². The number of hydrogen-bond donors (Lipinski definition) is 1. The first-order valence-electron chi connectivity index (χ1n) is 6.07. The summed E-state index contributed by atoms with van der Waals surface area (Å²) in [4.78, 5) is 22.4. The van der Waals surface area contributed by atoms with E-state index < -0.39 is 5.97 Å². The number of carboxylic acid groups (broad SMARTS) is 1. The lowest BCUT2D eigenvalue weighted by molar-refractivity contribution is 0.0696. The predicted octanol–water partition coefficient (Wildman–Crippen LogP) is 3.16. The van der Waals surface area contributed by atoms with Gasteiger partial charge in [-0.3, -0.25) is 4.79 Å². The van der Waals surface area contributed by atoms with Crippen molar-refractivity contribution in [3.63, 3.8) is 0 Å². The van der Waals surface area contributed by atoms with Crippen molar-refractivity contribution in [2.24, 2.45) is 0 Å². The third-order valence-electron chi connectivity index (χ3n) is 3.54. The number of ketones is 1. The third kappa shape index (κ3) is 1.83. The van der Waals surface area contributed by atoms with Crippen molar-refractivity contribution in [2.75, 3.05) is 0 Å². The maximum absolute atomic E-state index is 11.4. The van der Waals surface area contributed by atoms with Crippen molar-refractivity contribution in [1.82, 2.24) is 0 Å². The molecule has 1 N–H and O–H groups in total. The molecule has 0 unspecified atom stereocenters. The molecular formula is C16H12O3. The topological polar surface area (TPSA) is 54.4 Å². The van der Waals surface area contributed by atoms with Gasteiger partial charge in [0.05, 0.1) is 5.56 Å². The van der Waals surface area contributed by atoms with Crippen LogP contribution in [-0.2, 0) is 6.42 Å². The molecule has 0 heterocycles. The number of aromatic carboxylic acids is 1. The van der Waals surface area contributed by atoms with Crippen LogP contribution < -0.4 is 0 Å². The number of fused-ring (bicyclic) bond motifs is 3. The lowest BCUT2D eigenvalue weighted by atomic mass is 10.0. The van der Waals surface area contributed by atoms with Crippen LogP contribution in [0.5, 0.6) is 0 Å². The Bertz CT molecular complexity index is 652. The van der Waals surface area contributed by atoms with Crippen LogP contribution in [0.1, 0.15) is 38.8 Å².